The number of hydrogen-bond acceptors (Lipinski definition) is 8. The van der Waals surface area contributed by atoms with E-state index in [2.05, 4.69) is 4.99 Å². The van der Waals surface area contributed by atoms with Gasteiger partial charge in [0.1, 0.15) is 11.5 Å². The third kappa shape index (κ3) is 3.81. The van der Waals surface area contributed by atoms with E-state index in [4.69, 9.17) is 4.74 Å². The number of aromatic hydroxyl groups is 1. The topological polar surface area (TPSA) is 145 Å². The lowest BCUT2D eigenvalue weighted by atomic mass is 10.0. The number of phenols is 1. The SMILES string of the molecule is O=C1Cc2ccccc2Oc2ccc(N=Cc3cc([N+](=O)[O-])cc([N+](=O)[O-])c3O)cc21. The zero-order chi connectivity index (χ0) is 22.1. The smallest absolute Gasteiger partial charge is 0.318 e. The van der Waals surface area contributed by atoms with Crippen molar-refractivity contribution in [2.45, 2.75) is 6.42 Å². The Hall–Kier alpha value is -4.60. The quantitative estimate of drug-likeness (QED) is 0.372. The molecule has 0 bridgehead atoms. The summed E-state index contributed by atoms with van der Waals surface area (Å²) in [6.07, 6.45) is 1.21. The van der Waals surface area contributed by atoms with Gasteiger partial charge in [-0.15, -0.1) is 0 Å². The molecule has 0 amide bonds. The highest BCUT2D eigenvalue weighted by Crippen LogP contribution is 2.36. The Morgan fingerprint density at radius 3 is 2.52 bits per heavy atom. The van der Waals surface area contributed by atoms with Crippen molar-refractivity contribution in [2.24, 2.45) is 4.99 Å². The lowest BCUT2D eigenvalue weighted by molar-refractivity contribution is -0.394. The first kappa shape index (κ1) is 19.7. The Morgan fingerprint density at radius 2 is 1.77 bits per heavy atom. The molecule has 31 heavy (non-hydrogen) atoms. The monoisotopic (exact) mass is 419 g/mol. The molecule has 1 N–H and O–H groups in total. The van der Waals surface area contributed by atoms with Gasteiger partial charge in [0, 0.05) is 29.8 Å². The van der Waals surface area contributed by atoms with Crippen molar-refractivity contribution in [2.75, 3.05) is 0 Å². The third-order valence-electron chi connectivity index (χ3n) is 4.67. The molecule has 4 rings (SSSR count). The average molecular weight is 419 g/mol. The van der Waals surface area contributed by atoms with E-state index < -0.39 is 27.0 Å². The number of rotatable bonds is 4. The molecular weight excluding hydrogens is 406 g/mol. The second-order valence-electron chi connectivity index (χ2n) is 6.67. The molecule has 0 saturated heterocycles. The number of carbonyl (C=O) groups is 1. The van der Waals surface area contributed by atoms with E-state index >= 15 is 0 Å². The highest BCUT2D eigenvalue weighted by molar-refractivity contribution is 6.02. The van der Waals surface area contributed by atoms with E-state index in [1.165, 1.54) is 6.07 Å². The van der Waals surface area contributed by atoms with Crippen molar-refractivity contribution in [3.05, 3.63) is 91.5 Å². The molecule has 0 atom stereocenters. The summed E-state index contributed by atoms with van der Waals surface area (Å²) in [5.41, 5.74) is -0.211. The number of hydrogen-bond donors (Lipinski definition) is 1. The summed E-state index contributed by atoms with van der Waals surface area (Å²) in [4.78, 5) is 37.2. The fraction of sp³-hybridized carbons (Fsp3) is 0.0476. The van der Waals surface area contributed by atoms with E-state index in [0.29, 0.717) is 28.8 Å². The number of ketones is 1. The van der Waals surface area contributed by atoms with Crippen LogP contribution in [0, 0.1) is 20.2 Å². The molecule has 0 spiro atoms. The van der Waals surface area contributed by atoms with Gasteiger partial charge >= 0.3 is 5.69 Å². The maximum atomic E-state index is 12.7. The van der Waals surface area contributed by atoms with Gasteiger partial charge in [-0.25, -0.2) is 0 Å². The molecule has 0 saturated carbocycles. The summed E-state index contributed by atoms with van der Waals surface area (Å²) in [6.45, 7) is 0. The van der Waals surface area contributed by atoms with Crippen LogP contribution in [0.3, 0.4) is 0 Å². The van der Waals surface area contributed by atoms with Crippen molar-refractivity contribution >= 4 is 29.1 Å². The molecule has 154 valence electrons. The highest BCUT2D eigenvalue weighted by atomic mass is 16.6. The first-order chi connectivity index (χ1) is 14.8. The summed E-state index contributed by atoms with van der Waals surface area (Å²) < 4.78 is 5.83. The zero-order valence-electron chi connectivity index (χ0n) is 15.7. The minimum Gasteiger partial charge on any atom is -0.502 e. The molecule has 0 aliphatic carbocycles. The van der Waals surface area contributed by atoms with Crippen LogP contribution in [0.15, 0.2) is 59.6 Å². The number of aliphatic imine (C=N–C) groups is 1. The molecule has 1 aliphatic heterocycles. The Morgan fingerprint density at radius 1 is 1.00 bits per heavy atom. The van der Waals surface area contributed by atoms with Crippen molar-refractivity contribution in [1.29, 1.82) is 0 Å². The molecule has 10 heteroatoms. The van der Waals surface area contributed by atoms with E-state index in [9.17, 15) is 30.1 Å². The minimum atomic E-state index is -0.921. The summed E-state index contributed by atoms with van der Waals surface area (Å²) >= 11 is 0. The number of nitro groups is 2. The Labute approximate surface area is 174 Å². The predicted molar refractivity (Wildman–Crippen MR) is 110 cm³/mol. The van der Waals surface area contributed by atoms with Crippen LogP contribution in [0.4, 0.5) is 17.1 Å². The number of nitro benzene ring substituents is 2. The summed E-state index contributed by atoms with van der Waals surface area (Å²) in [5.74, 6) is 0.0252. The van der Waals surface area contributed by atoms with Gasteiger partial charge in [0.2, 0.25) is 5.75 Å². The van der Waals surface area contributed by atoms with E-state index in [1.54, 1.807) is 30.3 Å². The van der Waals surface area contributed by atoms with Crippen LogP contribution in [-0.2, 0) is 6.42 Å². The number of Topliss-reactive ketones (excluding diaryl/α,β-unsaturated/α-hetero) is 1. The molecule has 3 aromatic carbocycles. The number of non-ortho nitro benzene ring substituents is 1. The number of fused-ring (bicyclic) bond motifs is 2. The standard InChI is InChI=1S/C21H13N3O7/c25-18-8-12-3-1-2-4-19(12)31-20-6-5-14(9-16(18)20)22-11-13-7-15(23(27)28)10-17(21(13)26)24(29)30/h1-7,9-11,26H,8H2. The fourth-order valence-electron chi connectivity index (χ4n) is 3.15. The molecular formula is C21H13N3O7. The normalized spacial score (nSPS) is 12.6. The number of nitrogens with zero attached hydrogens (tertiary/aromatic N) is 3. The number of carbonyl (C=O) groups excluding carboxylic acids is 1. The second kappa shape index (κ2) is 7.67. The first-order valence-corrected chi connectivity index (χ1v) is 8.96. The van der Waals surface area contributed by atoms with Gasteiger partial charge < -0.3 is 9.84 Å². The first-order valence-electron chi connectivity index (χ1n) is 8.96. The number of benzene rings is 3. The van der Waals surface area contributed by atoms with Crippen LogP contribution in [0.2, 0.25) is 0 Å². The Kier molecular flexibility index (Phi) is 4.88. The van der Waals surface area contributed by atoms with Gasteiger partial charge in [-0.1, -0.05) is 18.2 Å². The summed E-state index contributed by atoms with van der Waals surface area (Å²) in [6, 6.07) is 13.4. The summed E-state index contributed by atoms with van der Waals surface area (Å²) in [5, 5.41) is 32.2. The Bertz CT molecular complexity index is 1280. The van der Waals surface area contributed by atoms with Gasteiger partial charge in [-0.05, 0) is 24.3 Å². The van der Waals surface area contributed by atoms with Crippen LogP contribution < -0.4 is 4.74 Å². The second-order valence-corrected chi connectivity index (χ2v) is 6.67. The molecule has 0 fully saturated rings. The van der Waals surface area contributed by atoms with Gasteiger partial charge in [-0.2, -0.15) is 0 Å². The van der Waals surface area contributed by atoms with Crippen LogP contribution in [0.25, 0.3) is 0 Å². The third-order valence-corrected chi connectivity index (χ3v) is 4.67. The molecule has 3 aromatic rings. The molecule has 0 radical (unpaired) electrons. The largest absolute Gasteiger partial charge is 0.502 e. The van der Waals surface area contributed by atoms with Gasteiger partial charge in [0.25, 0.3) is 5.69 Å². The average Bonchev–Trinajstić information content (AvgIpc) is 2.88. The molecule has 0 aromatic heterocycles. The summed E-state index contributed by atoms with van der Waals surface area (Å²) in [7, 11) is 0. The van der Waals surface area contributed by atoms with Crippen molar-refractivity contribution in [3.63, 3.8) is 0 Å². The molecule has 10 nitrogen and oxygen atoms in total. The number of phenolic OH excluding ortho intramolecular Hbond substituents is 1. The van der Waals surface area contributed by atoms with Crippen molar-refractivity contribution in [1.82, 2.24) is 0 Å². The maximum absolute atomic E-state index is 12.7. The fourth-order valence-corrected chi connectivity index (χ4v) is 3.15. The Balaban J connectivity index is 1.70. The highest BCUT2D eigenvalue weighted by Gasteiger charge is 2.24. The number of ether oxygens (including phenoxy) is 1. The van der Waals surface area contributed by atoms with Gasteiger partial charge in [0.05, 0.1) is 27.2 Å². The van der Waals surface area contributed by atoms with Crippen LogP contribution in [0.1, 0.15) is 21.5 Å². The van der Waals surface area contributed by atoms with E-state index in [-0.39, 0.29) is 17.8 Å². The molecule has 1 heterocycles. The number of para-hydroxylation sites is 1. The van der Waals surface area contributed by atoms with Gasteiger partial charge in [-0.3, -0.25) is 30.0 Å². The van der Waals surface area contributed by atoms with Crippen LogP contribution in [0.5, 0.6) is 17.2 Å². The maximum Gasteiger partial charge on any atom is 0.318 e. The van der Waals surface area contributed by atoms with E-state index in [0.717, 1.165) is 17.8 Å². The minimum absolute atomic E-state index is 0.147. The van der Waals surface area contributed by atoms with Crippen LogP contribution in [-0.4, -0.2) is 27.0 Å². The van der Waals surface area contributed by atoms with Crippen molar-refractivity contribution in [3.8, 4) is 17.2 Å². The molecule has 0 unspecified atom stereocenters. The van der Waals surface area contributed by atoms with E-state index in [1.807, 2.05) is 6.07 Å². The lowest BCUT2D eigenvalue weighted by Crippen LogP contribution is -2.01. The predicted octanol–water partition coefficient (Wildman–Crippen LogP) is 4.49. The molecule has 1 aliphatic rings. The lowest BCUT2D eigenvalue weighted by Gasteiger charge is -2.08. The van der Waals surface area contributed by atoms with Gasteiger partial charge in [0.15, 0.2) is 5.78 Å². The van der Waals surface area contributed by atoms with Crippen LogP contribution >= 0.6 is 0 Å². The van der Waals surface area contributed by atoms with Crippen molar-refractivity contribution < 1.29 is 24.5 Å². The zero-order valence-corrected chi connectivity index (χ0v) is 15.7.